The predicted molar refractivity (Wildman–Crippen MR) is 90.8 cm³/mol. The van der Waals surface area contributed by atoms with Gasteiger partial charge in [-0.25, -0.2) is 0 Å². The molecule has 1 aliphatic rings. The van der Waals surface area contributed by atoms with Crippen LogP contribution in [0.5, 0.6) is 0 Å². The molecule has 1 fully saturated rings. The van der Waals surface area contributed by atoms with E-state index < -0.39 is 0 Å². The molecule has 21 heavy (non-hydrogen) atoms. The van der Waals surface area contributed by atoms with Crippen molar-refractivity contribution in [2.45, 2.75) is 40.2 Å². The molecule has 0 saturated carbocycles. The van der Waals surface area contributed by atoms with Gasteiger partial charge in [-0.2, -0.15) is 0 Å². The van der Waals surface area contributed by atoms with Gasteiger partial charge in [-0.1, -0.05) is 34.1 Å². The fraction of sp³-hybridized carbons (Fsp3) is 1.00. The van der Waals surface area contributed by atoms with Crippen LogP contribution in [0.2, 0.25) is 0 Å². The molecular formula is C17H37N3O. The summed E-state index contributed by atoms with van der Waals surface area (Å²) in [6, 6.07) is 0. The fourth-order valence-corrected chi connectivity index (χ4v) is 2.77. The van der Waals surface area contributed by atoms with Crippen LogP contribution in [0.15, 0.2) is 0 Å². The molecule has 1 rings (SSSR count). The number of morpholine rings is 1. The van der Waals surface area contributed by atoms with E-state index in [0.29, 0.717) is 6.10 Å². The highest BCUT2D eigenvalue weighted by Gasteiger charge is 2.20. The van der Waals surface area contributed by atoms with Crippen molar-refractivity contribution in [3.63, 3.8) is 0 Å². The second kappa shape index (κ2) is 10.5. The van der Waals surface area contributed by atoms with Crippen LogP contribution in [0.3, 0.4) is 0 Å². The average molecular weight is 300 g/mol. The van der Waals surface area contributed by atoms with Crippen molar-refractivity contribution in [2.75, 3.05) is 59.5 Å². The van der Waals surface area contributed by atoms with Crippen LogP contribution in [0, 0.1) is 11.8 Å². The molecule has 0 aromatic carbocycles. The summed E-state index contributed by atoms with van der Waals surface area (Å²) >= 11 is 0. The van der Waals surface area contributed by atoms with Gasteiger partial charge in [0.1, 0.15) is 0 Å². The van der Waals surface area contributed by atoms with Crippen LogP contribution in [0.25, 0.3) is 0 Å². The number of nitrogens with zero attached hydrogens (tertiary/aromatic N) is 2. The van der Waals surface area contributed by atoms with Gasteiger partial charge >= 0.3 is 0 Å². The Morgan fingerprint density at radius 3 is 2.76 bits per heavy atom. The molecule has 0 aliphatic carbocycles. The lowest BCUT2D eigenvalue weighted by Crippen LogP contribution is -2.48. The molecule has 0 amide bonds. The smallest absolute Gasteiger partial charge is 0.0826 e. The standard InChI is InChI=1S/C17H37N3O/c1-6-16(4)11-18-12-17-14-20(9-10-21-17)8-7-19(5)13-15(2)3/h15-18H,6-14H2,1-5H3/t16?,17-/m1/s1. The summed E-state index contributed by atoms with van der Waals surface area (Å²) in [5.74, 6) is 1.51. The number of likely N-dealkylation sites (N-methyl/N-ethyl adjacent to an activating group) is 1. The van der Waals surface area contributed by atoms with E-state index in [1.54, 1.807) is 0 Å². The van der Waals surface area contributed by atoms with Crippen molar-refractivity contribution in [1.82, 2.24) is 15.1 Å². The summed E-state index contributed by atoms with van der Waals surface area (Å²) in [5, 5.41) is 3.56. The van der Waals surface area contributed by atoms with E-state index in [9.17, 15) is 0 Å². The lowest BCUT2D eigenvalue weighted by atomic mass is 10.1. The normalized spacial score (nSPS) is 22.1. The molecule has 1 heterocycles. The Morgan fingerprint density at radius 2 is 2.10 bits per heavy atom. The highest BCUT2D eigenvalue weighted by atomic mass is 16.5. The van der Waals surface area contributed by atoms with Gasteiger partial charge in [0, 0.05) is 39.3 Å². The van der Waals surface area contributed by atoms with Crippen molar-refractivity contribution >= 4 is 0 Å². The van der Waals surface area contributed by atoms with E-state index >= 15 is 0 Å². The fourth-order valence-electron chi connectivity index (χ4n) is 2.77. The average Bonchev–Trinajstić information content (AvgIpc) is 2.44. The highest BCUT2D eigenvalue weighted by Crippen LogP contribution is 2.06. The summed E-state index contributed by atoms with van der Waals surface area (Å²) in [6.45, 7) is 17.7. The van der Waals surface area contributed by atoms with Crippen molar-refractivity contribution in [2.24, 2.45) is 11.8 Å². The number of nitrogens with one attached hydrogen (secondary N) is 1. The Balaban J connectivity index is 2.16. The topological polar surface area (TPSA) is 27.7 Å². The van der Waals surface area contributed by atoms with Crippen LogP contribution in [-0.2, 0) is 4.74 Å². The van der Waals surface area contributed by atoms with Crippen LogP contribution in [-0.4, -0.2) is 75.4 Å². The summed E-state index contributed by atoms with van der Waals surface area (Å²) in [5.41, 5.74) is 0. The summed E-state index contributed by atoms with van der Waals surface area (Å²) in [6.07, 6.45) is 1.60. The van der Waals surface area contributed by atoms with E-state index in [-0.39, 0.29) is 0 Å². The molecule has 2 atom stereocenters. The van der Waals surface area contributed by atoms with E-state index in [0.717, 1.165) is 57.7 Å². The molecule has 1 unspecified atom stereocenters. The van der Waals surface area contributed by atoms with Gasteiger partial charge in [0.05, 0.1) is 12.7 Å². The van der Waals surface area contributed by atoms with Crippen molar-refractivity contribution in [1.29, 1.82) is 0 Å². The first-order valence-electron chi connectivity index (χ1n) is 8.74. The van der Waals surface area contributed by atoms with Gasteiger partial charge in [0.25, 0.3) is 0 Å². The van der Waals surface area contributed by atoms with Crippen LogP contribution in [0.1, 0.15) is 34.1 Å². The van der Waals surface area contributed by atoms with E-state index in [1.165, 1.54) is 13.0 Å². The zero-order valence-electron chi connectivity index (χ0n) is 14.9. The van der Waals surface area contributed by atoms with Crippen LogP contribution >= 0.6 is 0 Å². The molecular weight excluding hydrogens is 262 g/mol. The number of hydrogen-bond acceptors (Lipinski definition) is 4. The lowest BCUT2D eigenvalue weighted by Gasteiger charge is -2.34. The predicted octanol–water partition coefficient (Wildman–Crippen LogP) is 1.91. The van der Waals surface area contributed by atoms with Crippen molar-refractivity contribution < 1.29 is 4.74 Å². The van der Waals surface area contributed by atoms with Gasteiger partial charge in [0.15, 0.2) is 0 Å². The van der Waals surface area contributed by atoms with Gasteiger partial charge in [-0.3, -0.25) is 4.90 Å². The molecule has 0 aromatic heterocycles. The second-order valence-corrected chi connectivity index (χ2v) is 7.12. The molecule has 0 spiro atoms. The molecule has 1 saturated heterocycles. The molecule has 4 heteroatoms. The number of hydrogen-bond donors (Lipinski definition) is 1. The quantitative estimate of drug-likeness (QED) is 0.667. The van der Waals surface area contributed by atoms with Crippen molar-refractivity contribution in [3.05, 3.63) is 0 Å². The molecule has 0 aromatic rings. The molecule has 1 N–H and O–H groups in total. The minimum Gasteiger partial charge on any atom is -0.374 e. The maximum Gasteiger partial charge on any atom is 0.0826 e. The highest BCUT2D eigenvalue weighted by molar-refractivity contribution is 4.74. The maximum atomic E-state index is 5.88. The SMILES string of the molecule is CCC(C)CNC[C@@H]1CN(CCN(C)CC(C)C)CCO1. The van der Waals surface area contributed by atoms with Gasteiger partial charge in [-0.15, -0.1) is 0 Å². The van der Waals surface area contributed by atoms with Crippen molar-refractivity contribution in [3.8, 4) is 0 Å². The first-order chi connectivity index (χ1) is 10.0. The Hall–Kier alpha value is -0.160. The second-order valence-electron chi connectivity index (χ2n) is 7.12. The first kappa shape index (κ1) is 18.9. The van der Waals surface area contributed by atoms with Crippen LogP contribution in [0.4, 0.5) is 0 Å². The van der Waals surface area contributed by atoms with Gasteiger partial charge in [-0.05, 0) is 25.4 Å². The molecule has 1 aliphatic heterocycles. The number of ether oxygens (including phenoxy) is 1. The van der Waals surface area contributed by atoms with Gasteiger partial charge < -0.3 is 15.0 Å². The third-order valence-corrected chi connectivity index (χ3v) is 4.26. The summed E-state index contributed by atoms with van der Waals surface area (Å²) in [4.78, 5) is 4.99. The summed E-state index contributed by atoms with van der Waals surface area (Å²) in [7, 11) is 2.23. The Bertz CT molecular complexity index is 260. The first-order valence-corrected chi connectivity index (χ1v) is 8.74. The third kappa shape index (κ3) is 8.77. The largest absolute Gasteiger partial charge is 0.374 e. The Kier molecular flexibility index (Phi) is 9.49. The third-order valence-electron chi connectivity index (χ3n) is 4.26. The van der Waals surface area contributed by atoms with Gasteiger partial charge in [0.2, 0.25) is 0 Å². The minimum atomic E-state index is 0.359. The maximum absolute atomic E-state index is 5.88. The molecule has 126 valence electrons. The minimum absolute atomic E-state index is 0.359. The Labute approximate surface area is 132 Å². The lowest BCUT2D eigenvalue weighted by molar-refractivity contribution is -0.0290. The van der Waals surface area contributed by atoms with E-state index in [4.69, 9.17) is 4.74 Å². The van der Waals surface area contributed by atoms with E-state index in [1.807, 2.05) is 0 Å². The zero-order valence-corrected chi connectivity index (χ0v) is 14.9. The molecule has 0 radical (unpaired) electrons. The molecule has 4 nitrogen and oxygen atoms in total. The van der Waals surface area contributed by atoms with E-state index in [2.05, 4.69) is 49.9 Å². The summed E-state index contributed by atoms with van der Waals surface area (Å²) < 4.78 is 5.88. The number of rotatable bonds is 10. The molecule has 0 bridgehead atoms. The monoisotopic (exact) mass is 299 g/mol. The zero-order chi connectivity index (χ0) is 15.7. The van der Waals surface area contributed by atoms with Crippen LogP contribution < -0.4 is 5.32 Å². The Morgan fingerprint density at radius 1 is 1.33 bits per heavy atom.